The van der Waals surface area contributed by atoms with Crippen molar-refractivity contribution in [3.05, 3.63) is 131 Å². The number of carbonyl (C=O) groups is 2. The van der Waals surface area contributed by atoms with Crippen LogP contribution in [0.1, 0.15) is 31.8 Å². The van der Waals surface area contributed by atoms with E-state index in [0.29, 0.717) is 24.3 Å². The van der Waals surface area contributed by atoms with E-state index in [0.717, 1.165) is 22.3 Å². The van der Waals surface area contributed by atoms with E-state index in [-0.39, 0.29) is 11.8 Å². The number of benzene rings is 4. The Labute approximate surface area is 193 Å². The van der Waals surface area contributed by atoms with Gasteiger partial charge in [-0.25, -0.2) is 5.48 Å². The van der Waals surface area contributed by atoms with Gasteiger partial charge in [0, 0.05) is 17.7 Å². The van der Waals surface area contributed by atoms with Crippen LogP contribution in [-0.4, -0.2) is 11.8 Å². The van der Waals surface area contributed by atoms with Crippen molar-refractivity contribution in [2.45, 2.75) is 13.2 Å². The summed E-state index contributed by atoms with van der Waals surface area (Å²) in [7, 11) is 0. The van der Waals surface area contributed by atoms with Crippen LogP contribution in [0.4, 0.5) is 0 Å². The lowest BCUT2D eigenvalue weighted by molar-refractivity contribution is 0.0233. The van der Waals surface area contributed by atoms with Crippen molar-refractivity contribution >= 4 is 11.8 Å². The predicted octanol–water partition coefficient (Wildman–Crippen LogP) is 5.15. The number of nitrogens with one attached hydrogen (secondary N) is 2. The predicted molar refractivity (Wildman–Crippen MR) is 128 cm³/mol. The first-order valence-electron chi connectivity index (χ1n) is 10.7. The second-order valence-electron chi connectivity index (χ2n) is 7.50. The van der Waals surface area contributed by atoms with E-state index in [1.54, 1.807) is 12.1 Å². The third-order valence-corrected chi connectivity index (χ3v) is 5.17. The summed E-state index contributed by atoms with van der Waals surface area (Å²) in [5.41, 5.74) is 7.29. The molecular weight excluding hydrogens is 412 g/mol. The Morgan fingerprint density at radius 2 is 1.27 bits per heavy atom. The normalized spacial score (nSPS) is 10.4. The molecule has 0 aromatic heterocycles. The van der Waals surface area contributed by atoms with E-state index in [2.05, 4.69) is 10.8 Å². The molecule has 0 saturated heterocycles. The van der Waals surface area contributed by atoms with Crippen LogP contribution in [0.2, 0.25) is 0 Å². The number of hydrogen-bond acceptors (Lipinski definition) is 3. The zero-order chi connectivity index (χ0) is 22.9. The van der Waals surface area contributed by atoms with Gasteiger partial charge in [0.2, 0.25) is 0 Å². The van der Waals surface area contributed by atoms with E-state index in [1.807, 2.05) is 97.1 Å². The third kappa shape index (κ3) is 5.93. The van der Waals surface area contributed by atoms with Crippen LogP contribution in [0, 0.1) is 0 Å². The molecule has 164 valence electrons. The minimum absolute atomic E-state index is 0.148. The molecule has 2 N–H and O–H groups in total. The van der Waals surface area contributed by atoms with Crippen LogP contribution in [0.5, 0.6) is 0 Å². The van der Waals surface area contributed by atoms with Crippen molar-refractivity contribution in [1.29, 1.82) is 0 Å². The van der Waals surface area contributed by atoms with Gasteiger partial charge in [0.05, 0.1) is 6.61 Å². The molecule has 0 spiro atoms. The molecule has 0 saturated carbocycles. The highest BCUT2D eigenvalue weighted by molar-refractivity contribution is 6.00. The lowest BCUT2D eigenvalue weighted by Gasteiger charge is -2.11. The summed E-state index contributed by atoms with van der Waals surface area (Å²) in [5.74, 6) is -0.469. The molecule has 0 aliphatic carbocycles. The van der Waals surface area contributed by atoms with Crippen LogP contribution >= 0.6 is 0 Å². The summed E-state index contributed by atoms with van der Waals surface area (Å²) in [6.07, 6.45) is 0. The molecule has 0 aliphatic rings. The van der Waals surface area contributed by atoms with Crippen molar-refractivity contribution in [1.82, 2.24) is 10.8 Å². The van der Waals surface area contributed by atoms with Gasteiger partial charge in [-0.05, 0) is 40.5 Å². The minimum atomic E-state index is -0.321. The molecule has 33 heavy (non-hydrogen) atoms. The van der Waals surface area contributed by atoms with Gasteiger partial charge >= 0.3 is 0 Å². The fraction of sp³-hybridized carbons (Fsp3) is 0.0714. The fourth-order valence-electron chi connectivity index (χ4n) is 3.42. The number of hydroxylamine groups is 1. The van der Waals surface area contributed by atoms with Gasteiger partial charge < -0.3 is 5.32 Å². The largest absolute Gasteiger partial charge is 0.348 e. The molecule has 0 bridgehead atoms. The Morgan fingerprint density at radius 1 is 0.636 bits per heavy atom. The molecule has 0 radical (unpaired) electrons. The first kappa shape index (κ1) is 22.0. The molecule has 0 atom stereocenters. The molecule has 0 heterocycles. The zero-order valence-electron chi connectivity index (χ0n) is 18.0. The molecule has 0 aliphatic heterocycles. The Morgan fingerprint density at radius 3 is 2.00 bits per heavy atom. The Kier molecular flexibility index (Phi) is 7.25. The second kappa shape index (κ2) is 10.9. The minimum Gasteiger partial charge on any atom is -0.348 e. The number of carbonyl (C=O) groups excluding carboxylic acids is 2. The first-order chi connectivity index (χ1) is 16.2. The third-order valence-electron chi connectivity index (χ3n) is 5.17. The maximum absolute atomic E-state index is 12.8. The summed E-state index contributed by atoms with van der Waals surface area (Å²) in [4.78, 5) is 30.4. The van der Waals surface area contributed by atoms with Gasteiger partial charge in [-0.1, -0.05) is 91.0 Å². The molecule has 5 nitrogen and oxygen atoms in total. The lowest BCUT2D eigenvalue weighted by Crippen LogP contribution is -2.24. The topological polar surface area (TPSA) is 67.4 Å². The van der Waals surface area contributed by atoms with Crippen molar-refractivity contribution in [2.75, 3.05) is 0 Å². The van der Waals surface area contributed by atoms with E-state index in [4.69, 9.17) is 4.84 Å². The van der Waals surface area contributed by atoms with Crippen molar-refractivity contribution in [3.63, 3.8) is 0 Å². The molecule has 5 heteroatoms. The number of amides is 2. The maximum Gasteiger partial charge on any atom is 0.274 e. The summed E-state index contributed by atoms with van der Waals surface area (Å²) < 4.78 is 0. The van der Waals surface area contributed by atoms with Crippen LogP contribution in [0.25, 0.3) is 11.1 Å². The van der Waals surface area contributed by atoms with Crippen LogP contribution in [0.3, 0.4) is 0 Å². The molecule has 0 fully saturated rings. The zero-order valence-corrected chi connectivity index (χ0v) is 18.0. The highest BCUT2D eigenvalue weighted by atomic mass is 16.6. The van der Waals surface area contributed by atoms with Gasteiger partial charge in [0.1, 0.15) is 0 Å². The Balaban J connectivity index is 1.32. The second-order valence-corrected chi connectivity index (χ2v) is 7.50. The van der Waals surface area contributed by atoms with Gasteiger partial charge in [-0.2, -0.15) is 0 Å². The molecule has 4 aromatic carbocycles. The van der Waals surface area contributed by atoms with E-state index < -0.39 is 0 Å². The Bertz CT molecular complexity index is 1210. The highest BCUT2D eigenvalue weighted by Gasteiger charge is 2.12. The first-order valence-corrected chi connectivity index (χ1v) is 10.7. The number of rotatable bonds is 8. The van der Waals surface area contributed by atoms with Crippen LogP contribution in [0.15, 0.2) is 109 Å². The lowest BCUT2D eigenvalue weighted by atomic mass is 9.99. The quantitative estimate of drug-likeness (QED) is 0.376. The molecule has 2 amide bonds. The van der Waals surface area contributed by atoms with Crippen LogP contribution < -0.4 is 10.8 Å². The Hall–Kier alpha value is -4.22. The molecule has 0 unspecified atom stereocenters. The SMILES string of the molecule is O=C(NOCc1ccccc1)c1ccc(CNC(=O)c2ccccc2-c2ccccc2)cc1. The molecule has 4 rings (SSSR count). The summed E-state index contributed by atoms with van der Waals surface area (Å²) in [6, 6.07) is 34.0. The van der Waals surface area contributed by atoms with E-state index >= 15 is 0 Å². The van der Waals surface area contributed by atoms with Crippen LogP contribution in [-0.2, 0) is 18.0 Å². The summed E-state index contributed by atoms with van der Waals surface area (Å²) in [6.45, 7) is 0.648. The molecule has 4 aromatic rings. The molecular formula is C28H24N2O3. The fourth-order valence-corrected chi connectivity index (χ4v) is 3.42. The average Bonchev–Trinajstić information content (AvgIpc) is 2.88. The van der Waals surface area contributed by atoms with E-state index in [1.165, 1.54) is 0 Å². The van der Waals surface area contributed by atoms with Crippen molar-refractivity contribution in [2.24, 2.45) is 0 Å². The van der Waals surface area contributed by atoms with Gasteiger partial charge in [-0.3, -0.25) is 14.4 Å². The van der Waals surface area contributed by atoms with E-state index in [9.17, 15) is 9.59 Å². The van der Waals surface area contributed by atoms with Crippen molar-refractivity contribution < 1.29 is 14.4 Å². The monoisotopic (exact) mass is 436 g/mol. The summed E-state index contributed by atoms with van der Waals surface area (Å²) in [5, 5.41) is 2.96. The van der Waals surface area contributed by atoms with Gasteiger partial charge in [-0.15, -0.1) is 0 Å². The maximum atomic E-state index is 12.8. The van der Waals surface area contributed by atoms with Crippen molar-refractivity contribution in [3.8, 4) is 11.1 Å². The highest BCUT2D eigenvalue weighted by Crippen LogP contribution is 2.23. The van der Waals surface area contributed by atoms with Gasteiger partial charge in [0.15, 0.2) is 0 Å². The number of hydrogen-bond donors (Lipinski definition) is 2. The summed E-state index contributed by atoms with van der Waals surface area (Å²) >= 11 is 0. The smallest absolute Gasteiger partial charge is 0.274 e. The average molecular weight is 437 g/mol. The standard InChI is InChI=1S/C28H24N2O3/c31-27(30-33-20-22-9-3-1-4-10-22)24-17-15-21(16-18-24)19-29-28(32)26-14-8-7-13-25(26)23-11-5-2-6-12-23/h1-18H,19-20H2,(H,29,32)(H,30,31). The van der Waals surface area contributed by atoms with Gasteiger partial charge in [0.25, 0.3) is 11.8 Å².